The van der Waals surface area contributed by atoms with Crippen molar-refractivity contribution in [1.29, 1.82) is 0 Å². The standard InChI is InChI=1S/C18H15F2NO3/c1-11-12(5-4-8-15(11)24-10-16(19)20)9-21-17(22)13-6-2-3-7-14(13)18(21)23/h2-8,16H,9-10H2,1H3. The molecule has 0 fully saturated rings. The summed E-state index contributed by atoms with van der Waals surface area (Å²) in [5, 5.41) is 0. The Kier molecular flexibility index (Phi) is 4.29. The molecule has 2 aromatic carbocycles. The Labute approximate surface area is 137 Å². The lowest BCUT2D eigenvalue weighted by molar-refractivity contribution is 0.0642. The molecule has 0 spiro atoms. The van der Waals surface area contributed by atoms with Crippen molar-refractivity contribution in [3.8, 4) is 5.75 Å². The minimum Gasteiger partial charge on any atom is -0.487 e. The number of rotatable bonds is 5. The average Bonchev–Trinajstić information content (AvgIpc) is 2.81. The Morgan fingerprint density at radius 3 is 2.21 bits per heavy atom. The Hall–Kier alpha value is -2.76. The van der Waals surface area contributed by atoms with E-state index in [0.717, 1.165) is 4.90 Å². The zero-order valence-corrected chi connectivity index (χ0v) is 13.0. The first-order valence-electron chi connectivity index (χ1n) is 7.43. The maximum atomic E-state index is 12.4. The molecule has 0 saturated heterocycles. The van der Waals surface area contributed by atoms with E-state index in [1.54, 1.807) is 49.4 Å². The topological polar surface area (TPSA) is 46.6 Å². The third-order valence-corrected chi connectivity index (χ3v) is 3.97. The summed E-state index contributed by atoms with van der Waals surface area (Å²) in [5.41, 5.74) is 2.07. The molecule has 0 bridgehead atoms. The molecule has 0 atom stereocenters. The summed E-state index contributed by atoms with van der Waals surface area (Å²) in [6, 6.07) is 11.6. The molecule has 2 aromatic rings. The predicted molar refractivity (Wildman–Crippen MR) is 83.3 cm³/mol. The van der Waals surface area contributed by atoms with Crippen molar-refractivity contribution in [3.05, 3.63) is 64.7 Å². The van der Waals surface area contributed by atoms with Gasteiger partial charge in [-0.2, -0.15) is 0 Å². The Morgan fingerprint density at radius 2 is 1.62 bits per heavy atom. The van der Waals surface area contributed by atoms with Gasteiger partial charge in [0.2, 0.25) is 0 Å². The SMILES string of the molecule is Cc1c(CN2C(=O)c3ccccc3C2=O)cccc1OCC(F)F. The lowest BCUT2D eigenvalue weighted by Crippen LogP contribution is -2.29. The minimum absolute atomic E-state index is 0.0735. The number of fused-ring (bicyclic) bond motifs is 1. The molecule has 3 rings (SSSR count). The third-order valence-electron chi connectivity index (χ3n) is 3.97. The molecule has 0 aliphatic carbocycles. The number of halogens is 2. The highest BCUT2D eigenvalue weighted by molar-refractivity contribution is 6.21. The minimum atomic E-state index is -2.57. The van der Waals surface area contributed by atoms with Gasteiger partial charge in [0.15, 0.2) is 0 Å². The van der Waals surface area contributed by atoms with E-state index in [1.165, 1.54) is 0 Å². The highest BCUT2D eigenvalue weighted by Crippen LogP contribution is 2.28. The second-order valence-electron chi connectivity index (χ2n) is 5.48. The van der Waals surface area contributed by atoms with Crippen LogP contribution in [0.25, 0.3) is 0 Å². The lowest BCUT2D eigenvalue weighted by Gasteiger charge is -2.17. The smallest absolute Gasteiger partial charge is 0.272 e. The zero-order chi connectivity index (χ0) is 17.3. The van der Waals surface area contributed by atoms with Crippen LogP contribution in [-0.2, 0) is 6.54 Å². The molecular formula is C18H15F2NO3. The van der Waals surface area contributed by atoms with Gasteiger partial charge in [0.05, 0.1) is 17.7 Å². The Bertz CT molecular complexity index is 770. The van der Waals surface area contributed by atoms with E-state index in [4.69, 9.17) is 4.74 Å². The number of ether oxygens (including phenoxy) is 1. The number of hydrogen-bond acceptors (Lipinski definition) is 3. The number of alkyl halides is 2. The van der Waals surface area contributed by atoms with Crippen molar-refractivity contribution in [2.45, 2.75) is 19.9 Å². The molecule has 1 aliphatic heterocycles. The normalized spacial score (nSPS) is 13.6. The van der Waals surface area contributed by atoms with Gasteiger partial charge in [-0.05, 0) is 36.2 Å². The summed E-state index contributed by atoms with van der Waals surface area (Å²) in [6.07, 6.45) is -2.57. The molecule has 2 amide bonds. The fourth-order valence-corrected chi connectivity index (χ4v) is 2.69. The molecule has 0 unspecified atom stereocenters. The summed E-state index contributed by atoms with van der Waals surface area (Å²) >= 11 is 0. The lowest BCUT2D eigenvalue weighted by atomic mass is 10.1. The number of hydrogen-bond donors (Lipinski definition) is 0. The van der Waals surface area contributed by atoms with Gasteiger partial charge < -0.3 is 4.74 Å². The Balaban J connectivity index is 1.84. The summed E-state index contributed by atoms with van der Waals surface area (Å²) in [7, 11) is 0. The van der Waals surface area contributed by atoms with Crippen LogP contribution < -0.4 is 4.74 Å². The van der Waals surface area contributed by atoms with Crippen LogP contribution in [0.4, 0.5) is 8.78 Å². The van der Waals surface area contributed by atoms with Gasteiger partial charge >= 0.3 is 0 Å². The summed E-state index contributed by atoms with van der Waals surface area (Å²) in [4.78, 5) is 26.0. The van der Waals surface area contributed by atoms with Crippen molar-refractivity contribution in [1.82, 2.24) is 4.90 Å². The number of amides is 2. The second-order valence-corrected chi connectivity index (χ2v) is 5.48. The number of nitrogens with zero attached hydrogens (tertiary/aromatic N) is 1. The fourth-order valence-electron chi connectivity index (χ4n) is 2.69. The monoisotopic (exact) mass is 331 g/mol. The molecule has 1 aliphatic rings. The van der Waals surface area contributed by atoms with Crippen LogP contribution in [-0.4, -0.2) is 29.7 Å². The van der Waals surface area contributed by atoms with Gasteiger partial charge in [-0.1, -0.05) is 24.3 Å². The van der Waals surface area contributed by atoms with Crippen molar-refractivity contribution in [2.24, 2.45) is 0 Å². The highest BCUT2D eigenvalue weighted by Gasteiger charge is 2.35. The van der Waals surface area contributed by atoms with Crippen molar-refractivity contribution >= 4 is 11.8 Å². The summed E-state index contributed by atoms with van der Waals surface area (Å²) in [6.45, 7) is 1.09. The molecule has 0 saturated carbocycles. The molecule has 6 heteroatoms. The van der Waals surface area contributed by atoms with Gasteiger partial charge in [0, 0.05) is 0 Å². The average molecular weight is 331 g/mol. The molecule has 24 heavy (non-hydrogen) atoms. The molecule has 124 valence electrons. The quantitative estimate of drug-likeness (QED) is 0.789. The third kappa shape index (κ3) is 2.87. The van der Waals surface area contributed by atoms with Gasteiger partial charge in [-0.25, -0.2) is 8.78 Å². The first-order valence-corrected chi connectivity index (χ1v) is 7.43. The molecule has 4 nitrogen and oxygen atoms in total. The fraction of sp³-hybridized carbons (Fsp3) is 0.222. The van der Waals surface area contributed by atoms with Crippen LogP contribution in [0.1, 0.15) is 31.8 Å². The van der Waals surface area contributed by atoms with Gasteiger partial charge in [-0.3, -0.25) is 14.5 Å². The van der Waals surface area contributed by atoms with E-state index in [2.05, 4.69) is 0 Å². The maximum Gasteiger partial charge on any atom is 0.272 e. The van der Waals surface area contributed by atoms with Crippen LogP contribution in [0.2, 0.25) is 0 Å². The van der Waals surface area contributed by atoms with E-state index in [-0.39, 0.29) is 18.4 Å². The van der Waals surface area contributed by atoms with Gasteiger partial charge in [0.1, 0.15) is 12.4 Å². The number of carbonyl (C=O) groups is 2. The molecule has 0 radical (unpaired) electrons. The van der Waals surface area contributed by atoms with Gasteiger partial charge in [-0.15, -0.1) is 0 Å². The van der Waals surface area contributed by atoms with Crippen LogP contribution >= 0.6 is 0 Å². The molecule has 1 heterocycles. The second kappa shape index (κ2) is 6.39. The van der Waals surface area contributed by atoms with Crippen molar-refractivity contribution in [2.75, 3.05) is 6.61 Å². The predicted octanol–water partition coefficient (Wildman–Crippen LogP) is 3.44. The van der Waals surface area contributed by atoms with E-state index in [0.29, 0.717) is 28.0 Å². The molecule has 0 aromatic heterocycles. The van der Waals surface area contributed by atoms with Gasteiger partial charge in [0.25, 0.3) is 18.2 Å². The van der Waals surface area contributed by atoms with E-state index in [9.17, 15) is 18.4 Å². The number of carbonyl (C=O) groups excluding carboxylic acids is 2. The van der Waals surface area contributed by atoms with Crippen LogP contribution in [0.3, 0.4) is 0 Å². The van der Waals surface area contributed by atoms with Crippen molar-refractivity contribution in [3.63, 3.8) is 0 Å². The zero-order valence-electron chi connectivity index (χ0n) is 13.0. The highest BCUT2D eigenvalue weighted by atomic mass is 19.3. The number of benzene rings is 2. The summed E-state index contributed by atoms with van der Waals surface area (Å²) in [5.74, 6) is -0.382. The van der Waals surface area contributed by atoms with E-state index in [1.807, 2.05) is 0 Å². The largest absolute Gasteiger partial charge is 0.487 e. The van der Waals surface area contributed by atoms with Crippen LogP contribution in [0.5, 0.6) is 5.75 Å². The number of imide groups is 1. The first kappa shape index (κ1) is 16.1. The van der Waals surface area contributed by atoms with Crippen LogP contribution in [0, 0.1) is 6.92 Å². The van der Waals surface area contributed by atoms with E-state index < -0.39 is 13.0 Å². The van der Waals surface area contributed by atoms with Crippen LogP contribution in [0.15, 0.2) is 42.5 Å². The molecule has 0 N–H and O–H groups in total. The van der Waals surface area contributed by atoms with Crippen molar-refractivity contribution < 1.29 is 23.1 Å². The summed E-state index contributed by atoms with van der Waals surface area (Å²) < 4.78 is 29.7. The maximum absolute atomic E-state index is 12.4. The van der Waals surface area contributed by atoms with E-state index >= 15 is 0 Å². The Morgan fingerprint density at radius 1 is 1.00 bits per heavy atom. The first-order chi connectivity index (χ1) is 11.5. The molecular weight excluding hydrogens is 316 g/mol.